The number of halogens is 2. The number of rotatable bonds is 5. The van der Waals surface area contributed by atoms with Crippen molar-refractivity contribution in [3.8, 4) is 11.1 Å². The highest BCUT2D eigenvalue weighted by molar-refractivity contribution is 6.14. The summed E-state index contributed by atoms with van der Waals surface area (Å²) in [7, 11) is 6.15. The molecule has 0 aliphatic carbocycles. The molecule has 0 atom stereocenters. The van der Waals surface area contributed by atoms with Crippen LogP contribution in [0.2, 0.25) is 5.31 Å². The predicted octanol–water partition coefficient (Wildman–Crippen LogP) is 3.74. The molecule has 0 unspecified atom stereocenters. The van der Waals surface area contributed by atoms with E-state index in [1.54, 1.807) is 22.9 Å². The molecule has 9 heteroatoms. The van der Waals surface area contributed by atoms with Gasteiger partial charge in [0.15, 0.2) is 12.5 Å². The molecule has 3 heterocycles. The Kier molecular flexibility index (Phi) is 3.98. The third kappa shape index (κ3) is 3.07. The number of nitrogens with zero attached hydrogens (tertiary/aromatic N) is 5. The van der Waals surface area contributed by atoms with Crippen LogP contribution >= 0.6 is 0 Å². The van der Waals surface area contributed by atoms with Gasteiger partial charge in [0.25, 0.3) is 5.69 Å². The Labute approximate surface area is 156 Å². The molecule has 0 saturated carbocycles. The van der Waals surface area contributed by atoms with Crippen LogP contribution < -0.4 is 5.73 Å². The number of hydrogen-bond acceptors (Lipinski definition) is 4. The van der Waals surface area contributed by atoms with Gasteiger partial charge in [-0.3, -0.25) is 0 Å². The van der Waals surface area contributed by atoms with Crippen LogP contribution in [-0.2, 0) is 6.42 Å². The van der Waals surface area contributed by atoms with Crippen molar-refractivity contribution in [3.63, 3.8) is 0 Å². The molecule has 1 aliphatic heterocycles. The van der Waals surface area contributed by atoms with Crippen LogP contribution in [-0.4, -0.2) is 40.4 Å². The molecule has 1 aliphatic rings. The third-order valence-electron chi connectivity index (χ3n) is 4.36. The summed E-state index contributed by atoms with van der Waals surface area (Å²) in [5.74, 6) is -0.396. The molecule has 3 aromatic rings. The molecule has 0 saturated heterocycles. The Hall–Kier alpha value is -2.84. The second-order valence-corrected chi connectivity index (χ2v) is 7.34. The van der Waals surface area contributed by atoms with Crippen LogP contribution in [0.5, 0.6) is 0 Å². The van der Waals surface area contributed by atoms with Crippen molar-refractivity contribution in [2.45, 2.75) is 25.6 Å². The first-order valence-electron chi connectivity index (χ1n) is 8.58. The van der Waals surface area contributed by atoms with Crippen LogP contribution in [0.25, 0.3) is 16.6 Å². The zero-order valence-electron chi connectivity index (χ0n) is 15.1. The zero-order valence-corrected chi connectivity index (χ0v) is 15.1. The van der Waals surface area contributed by atoms with Crippen molar-refractivity contribution in [2.24, 2.45) is 5.11 Å². The van der Waals surface area contributed by atoms with E-state index in [-0.39, 0.29) is 12.5 Å². The van der Waals surface area contributed by atoms with Crippen LogP contribution in [0.1, 0.15) is 19.5 Å². The second-order valence-electron chi connectivity index (χ2n) is 7.34. The van der Waals surface area contributed by atoms with Gasteiger partial charge in [0.05, 0.1) is 25.3 Å². The largest absolute Gasteiger partial charge is 0.367 e. The number of fused-ring (bicyclic) bond motifs is 2. The van der Waals surface area contributed by atoms with Gasteiger partial charge < -0.3 is 5.73 Å². The Morgan fingerprint density at radius 1 is 1.33 bits per heavy atom. The predicted molar refractivity (Wildman–Crippen MR) is 99.1 cm³/mol. The lowest BCUT2D eigenvalue weighted by molar-refractivity contribution is -0.525. The minimum atomic E-state index is -0.559. The third-order valence-corrected chi connectivity index (χ3v) is 4.36. The van der Waals surface area contributed by atoms with Crippen molar-refractivity contribution >= 4 is 30.7 Å². The first kappa shape index (κ1) is 17.6. The van der Waals surface area contributed by atoms with Gasteiger partial charge >= 0.3 is 0 Å². The van der Waals surface area contributed by atoms with Crippen LogP contribution in [0, 0.1) is 5.82 Å². The zero-order chi connectivity index (χ0) is 19.3. The summed E-state index contributed by atoms with van der Waals surface area (Å²) >= 11 is 0. The molecule has 2 aromatic heterocycles. The lowest BCUT2D eigenvalue weighted by Gasteiger charge is -2.19. The number of azo groups is 2. The normalized spacial score (nSPS) is 13.4. The highest BCUT2D eigenvalue weighted by atomic mass is 19.1. The number of aromatic nitrogens is 3. The average Bonchev–Trinajstić information content (AvgIpc) is 2.87. The highest BCUT2D eigenvalue weighted by Crippen LogP contribution is 2.42. The Balaban J connectivity index is 1.89. The molecule has 0 fully saturated rings. The molecule has 27 heavy (non-hydrogen) atoms. The van der Waals surface area contributed by atoms with Crippen molar-refractivity contribution in [1.29, 1.82) is 0 Å². The topological polar surface area (TPSA) is 71.6 Å². The van der Waals surface area contributed by atoms with Gasteiger partial charge in [-0.05, 0) is 18.1 Å². The molecule has 0 amide bonds. The first-order valence-corrected chi connectivity index (χ1v) is 8.58. The standard InChI is InChI=1S/C18H18BF2N6/c1-18(2,19)8-13-16-15(11(21)9-27(16)25-17(22)23-13)10-3-4-12-14(7-10)26(24-12)6-5-20/h3-4,7,9H,5-6,8H2,1-2H3,(H2,22,23,25)/q+1. The maximum Gasteiger partial charge on any atom is 0.264 e. The van der Waals surface area contributed by atoms with E-state index in [4.69, 9.17) is 13.6 Å². The van der Waals surface area contributed by atoms with E-state index in [1.807, 2.05) is 13.8 Å². The van der Waals surface area contributed by atoms with Gasteiger partial charge in [0.1, 0.15) is 0 Å². The number of alkyl halides is 1. The minimum absolute atomic E-state index is 0.0494. The molecule has 4 rings (SSSR count). The monoisotopic (exact) mass is 367 g/mol. The first-order chi connectivity index (χ1) is 12.8. The van der Waals surface area contributed by atoms with Gasteiger partial charge in [-0.2, -0.15) is 0 Å². The van der Waals surface area contributed by atoms with E-state index in [1.165, 1.54) is 10.7 Å². The highest BCUT2D eigenvalue weighted by Gasteiger charge is 2.30. The lowest BCUT2D eigenvalue weighted by Crippen LogP contribution is -2.13. The number of hydrogen-bond donors (Lipinski definition) is 1. The molecule has 6 nitrogen and oxygen atoms in total. The quantitative estimate of drug-likeness (QED) is 0.552. The maximum atomic E-state index is 14.9. The number of benzene rings is 1. The van der Waals surface area contributed by atoms with Gasteiger partial charge in [-0.15, -0.1) is 5.10 Å². The summed E-state index contributed by atoms with van der Waals surface area (Å²) in [4.78, 5) is 4.31. The fourth-order valence-electron chi connectivity index (χ4n) is 3.33. The molecule has 1 aromatic carbocycles. The van der Waals surface area contributed by atoms with Gasteiger partial charge in [0.2, 0.25) is 18.2 Å². The number of nitrogens with two attached hydrogens (primary N) is 1. The molecule has 2 N–H and O–H groups in total. The molecule has 136 valence electrons. The molecular weight excluding hydrogens is 349 g/mol. The van der Waals surface area contributed by atoms with Gasteiger partial charge in [-0.25, -0.2) is 18.3 Å². The molecule has 0 spiro atoms. The SMILES string of the molecule is [B]C(C)(C)Cc1nc(N)nn2cc(F)c(-c3ccc4c(c3)[N+](CCF)=N4)c12. The van der Waals surface area contributed by atoms with Crippen molar-refractivity contribution in [2.75, 3.05) is 19.0 Å². The number of anilines is 1. The van der Waals surface area contributed by atoms with Crippen LogP contribution in [0.4, 0.5) is 26.1 Å². The summed E-state index contributed by atoms with van der Waals surface area (Å²) in [5, 5.41) is 7.73. The minimum Gasteiger partial charge on any atom is -0.367 e. The van der Waals surface area contributed by atoms with Crippen molar-refractivity contribution in [3.05, 3.63) is 35.9 Å². The van der Waals surface area contributed by atoms with Crippen molar-refractivity contribution in [1.82, 2.24) is 14.6 Å². The van der Waals surface area contributed by atoms with Gasteiger partial charge in [0, 0.05) is 16.7 Å². The summed E-state index contributed by atoms with van der Waals surface area (Å²) in [6.07, 6.45) is 1.67. The van der Waals surface area contributed by atoms with Crippen LogP contribution in [0.3, 0.4) is 0 Å². The summed E-state index contributed by atoms with van der Waals surface area (Å²) < 4.78 is 30.5. The van der Waals surface area contributed by atoms with E-state index in [0.29, 0.717) is 28.8 Å². The Bertz CT molecular complexity index is 1080. The summed E-state index contributed by atoms with van der Waals surface area (Å²) in [5.41, 5.74) is 9.39. The smallest absolute Gasteiger partial charge is 0.264 e. The summed E-state index contributed by atoms with van der Waals surface area (Å²) in [6.45, 7) is 3.38. The van der Waals surface area contributed by atoms with E-state index >= 15 is 0 Å². The Morgan fingerprint density at radius 2 is 2.11 bits per heavy atom. The van der Waals surface area contributed by atoms with Crippen molar-refractivity contribution < 1.29 is 13.5 Å². The summed E-state index contributed by atoms with van der Waals surface area (Å²) in [6, 6.07) is 5.36. The lowest BCUT2D eigenvalue weighted by atomic mass is 9.69. The van der Waals surface area contributed by atoms with E-state index in [9.17, 15) is 8.78 Å². The molecule has 2 radical (unpaired) electrons. The Morgan fingerprint density at radius 3 is 2.81 bits per heavy atom. The molecule has 0 bridgehead atoms. The maximum absolute atomic E-state index is 14.9. The molecular formula is C18H18BF2N6+. The second kappa shape index (κ2) is 6.11. The van der Waals surface area contributed by atoms with E-state index < -0.39 is 17.8 Å². The van der Waals surface area contributed by atoms with E-state index in [2.05, 4.69) is 15.2 Å². The average molecular weight is 367 g/mol. The van der Waals surface area contributed by atoms with E-state index in [0.717, 1.165) is 11.4 Å². The number of nitrogen functional groups attached to an aromatic ring is 1. The fourth-order valence-corrected chi connectivity index (χ4v) is 3.33. The van der Waals surface area contributed by atoms with Gasteiger partial charge in [-0.1, -0.05) is 29.9 Å². The fraction of sp³-hybridized carbons (Fsp3) is 0.333. The van der Waals surface area contributed by atoms with Crippen LogP contribution in [0.15, 0.2) is 29.5 Å².